The van der Waals surface area contributed by atoms with Crippen LogP contribution in [0.2, 0.25) is 0 Å². The van der Waals surface area contributed by atoms with Crippen LogP contribution in [0.25, 0.3) is 98.8 Å². The number of hydrogen-bond acceptors (Lipinski definition) is 1. The fraction of sp³-hybridized carbons (Fsp3) is 0. The molecular formula is C62H41N3. The molecule has 0 aliphatic carbocycles. The molecule has 3 nitrogen and oxygen atoms in total. The van der Waals surface area contributed by atoms with Gasteiger partial charge in [-0.2, -0.15) is 0 Å². The first-order valence-electron chi connectivity index (χ1n) is 22.4. The maximum absolute atomic E-state index is 2.47. The summed E-state index contributed by atoms with van der Waals surface area (Å²) in [4.78, 5) is 2.47. The van der Waals surface area contributed by atoms with E-state index in [4.69, 9.17) is 0 Å². The van der Waals surface area contributed by atoms with Crippen LogP contribution in [0.1, 0.15) is 0 Å². The summed E-state index contributed by atoms with van der Waals surface area (Å²) in [5, 5.41) is 9.74. The predicted octanol–water partition coefficient (Wildman–Crippen LogP) is 17.0. The molecular weight excluding hydrogens is 787 g/mol. The zero-order valence-electron chi connectivity index (χ0n) is 35.5. The van der Waals surface area contributed by atoms with Crippen molar-refractivity contribution in [3.63, 3.8) is 0 Å². The van der Waals surface area contributed by atoms with Gasteiger partial charge in [-0.25, -0.2) is 0 Å². The lowest BCUT2D eigenvalue weighted by atomic mass is 9.95. The van der Waals surface area contributed by atoms with Gasteiger partial charge in [-0.05, 0) is 94.4 Å². The monoisotopic (exact) mass is 827 g/mol. The van der Waals surface area contributed by atoms with Crippen LogP contribution >= 0.6 is 0 Å². The summed E-state index contributed by atoms with van der Waals surface area (Å²) < 4.78 is 4.84. The summed E-state index contributed by atoms with van der Waals surface area (Å²) in [7, 11) is 0. The van der Waals surface area contributed by atoms with Gasteiger partial charge in [0.2, 0.25) is 0 Å². The summed E-state index contributed by atoms with van der Waals surface area (Å²) >= 11 is 0. The van der Waals surface area contributed by atoms with Crippen LogP contribution in [0, 0.1) is 0 Å². The lowest BCUT2D eigenvalue weighted by Gasteiger charge is -2.29. The van der Waals surface area contributed by atoms with Crippen LogP contribution < -0.4 is 4.90 Å². The van der Waals surface area contributed by atoms with Gasteiger partial charge in [0.05, 0.1) is 39.1 Å². The quantitative estimate of drug-likeness (QED) is 0.156. The van der Waals surface area contributed by atoms with Crippen molar-refractivity contribution < 1.29 is 0 Å². The second kappa shape index (κ2) is 15.0. The maximum atomic E-state index is 2.47. The van der Waals surface area contributed by atoms with Gasteiger partial charge in [0.25, 0.3) is 0 Å². The highest BCUT2D eigenvalue weighted by atomic mass is 15.1. The van der Waals surface area contributed by atoms with Crippen molar-refractivity contribution in [1.82, 2.24) is 9.13 Å². The van der Waals surface area contributed by atoms with Crippen molar-refractivity contribution in [1.29, 1.82) is 0 Å². The first kappa shape index (κ1) is 36.9. The van der Waals surface area contributed by atoms with Gasteiger partial charge in [0, 0.05) is 49.1 Å². The molecule has 0 fully saturated rings. The maximum Gasteiger partial charge on any atom is 0.0547 e. The van der Waals surface area contributed by atoms with Crippen molar-refractivity contribution in [2.45, 2.75) is 0 Å². The van der Waals surface area contributed by atoms with Gasteiger partial charge >= 0.3 is 0 Å². The molecule has 2 heterocycles. The minimum atomic E-state index is 1.09. The Labute approximate surface area is 376 Å². The van der Waals surface area contributed by atoms with E-state index in [0.29, 0.717) is 0 Å². The highest BCUT2D eigenvalue weighted by molar-refractivity contribution is 6.15. The fourth-order valence-electron chi connectivity index (χ4n) is 10.4. The van der Waals surface area contributed by atoms with Gasteiger partial charge in [0.1, 0.15) is 0 Å². The number of fused-ring (bicyclic) bond motifs is 8. The van der Waals surface area contributed by atoms with E-state index in [-0.39, 0.29) is 0 Å². The van der Waals surface area contributed by atoms with Crippen molar-refractivity contribution >= 4 is 82.2 Å². The van der Waals surface area contributed by atoms with Crippen LogP contribution in [-0.4, -0.2) is 9.13 Å². The molecule has 0 aliphatic rings. The zero-order valence-corrected chi connectivity index (χ0v) is 35.5. The average Bonchev–Trinajstić information content (AvgIpc) is 3.90. The van der Waals surface area contributed by atoms with E-state index in [1.165, 1.54) is 87.4 Å². The Balaban J connectivity index is 1.03. The molecule has 0 unspecified atom stereocenters. The molecule has 0 saturated heterocycles. The molecule has 0 bridgehead atoms. The fourth-order valence-corrected chi connectivity index (χ4v) is 10.4. The molecule has 0 atom stereocenters. The number of benzene rings is 11. The normalized spacial score (nSPS) is 11.7. The molecule has 0 radical (unpaired) electrons. The predicted molar refractivity (Wildman–Crippen MR) is 276 cm³/mol. The molecule has 13 aromatic rings. The second-order valence-corrected chi connectivity index (χ2v) is 16.9. The molecule has 0 N–H and O–H groups in total. The smallest absolute Gasteiger partial charge is 0.0547 e. The summed E-state index contributed by atoms with van der Waals surface area (Å²) in [5.74, 6) is 0. The molecule has 2 aromatic heterocycles. The van der Waals surface area contributed by atoms with Crippen molar-refractivity contribution in [2.75, 3.05) is 4.90 Å². The lowest BCUT2D eigenvalue weighted by molar-refractivity contribution is 1.18. The largest absolute Gasteiger partial charge is 0.309 e. The van der Waals surface area contributed by atoms with E-state index < -0.39 is 0 Å². The number of hydrogen-bond donors (Lipinski definition) is 0. The van der Waals surface area contributed by atoms with Crippen LogP contribution in [0.15, 0.2) is 249 Å². The Morgan fingerprint density at radius 2 is 0.708 bits per heavy atom. The Kier molecular flexibility index (Phi) is 8.53. The molecule has 0 saturated carbocycles. The molecule has 0 aliphatic heterocycles. The molecule has 11 aromatic carbocycles. The first-order valence-corrected chi connectivity index (χ1v) is 22.4. The van der Waals surface area contributed by atoms with E-state index in [1.807, 2.05) is 0 Å². The van der Waals surface area contributed by atoms with Crippen LogP contribution in [0.3, 0.4) is 0 Å². The number of para-hydroxylation sites is 4. The SMILES string of the molecule is c1ccc(-c2ccc(N(c3ccc(-c4ccc5c6ccccc6n(-c6ccccc6)c5c4)c4ccccc34)c3ccc(-n4c5ccccc5c5ccccc54)c4ccccc34)cc2)cc1. The molecule has 0 spiro atoms. The molecule has 13 rings (SSSR count). The van der Waals surface area contributed by atoms with Gasteiger partial charge in [-0.1, -0.05) is 182 Å². The van der Waals surface area contributed by atoms with E-state index in [9.17, 15) is 0 Å². The highest BCUT2D eigenvalue weighted by Crippen LogP contribution is 2.47. The van der Waals surface area contributed by atoms with Crippen molar-refractivity contribution in [3.05, 3.63) is 249 Å². The molecule has 65 heavy (non-hydrogen) atoms. The Morgan fingerprint density at radius 1 is 0.262 bits per heavy atom. The van der Waals surface area contributed by atoms with E-state index >= 15 is 0 Å². The van der Waals surface area contributed by atoms with Gasteiger partial charge in [0.15, 0.2) is 0 Å². The summed E-state index contributed by atoms with van der Waals surface area (Å²) in [6.45, 7) is 0. The lowest BCUT2D eigenvalue weighted by Crippen LogP contribution is -2.12. The summed E-state index contributed by atoms with van der Waals surface area (Å²) in [6.07, 6.45) is 0. The standard InChI is InChI=1S/C62H41N3/c1-3-17-42(18-4-1)43-31-34-46(35-32-43)63(60-39-40-61(53-24-10-9-23-52(53)60)65-57-29-15-12-25-50(57)51-26-13-16-30-58(51)65)59-38-37-47(48-21-7-8-22-49(48)59)44-33-36-55-54-27-11-14-28-56(54)64(62(55)41-44)45-19-5-2-6-20-45/h1-41H. The molecule has 304 valence electrons. The second-order valence-electron chi connectivity index (χ2n) is 16.9. The third-order valence-electron chi connectivity index (χ3n) is 13.3. The third-order valence-corrected chi connectivity index (χ3v) is 13.3. The average molecular weight is 828 g/mol. The van der Waals surface area contributed by atoms with E-state index in [0.717, 1.165) is 28.4 Å². The summed E-state index contributed by atoms with van der Waals surface area (Å²) in [5.41, 5.74) is 15.2. The van der Waals surface area contributed by atoms with Crippen molar-refractivity contribution in [2.24, 2.45) is 0 Å². The Morgan fingerprint density at radius 3 is 1.34 bits per heavy atom. The van der Waals surface area contributed by atoms with Gasteiger partial charge in [-0.3, -0.25) is 0 Å². The highest BCUT2D eigenvalue weighted by Gasteiger charge is 2.23. The van der Waals surface area contributed by atoms with Crippen molar-refractivity contribution in [3.8, 4) is 33.6 Å². The number of aromatic nitrogens is 2. The number of anilines is 3. The third kappa shape index (κ3) is 5.90. The van der Waals surface area contributed by atoms with Gasteiger partial charge < -0.3 is 14.0 Å². The van der Waals surface area contributed by atoms with E-state index in [1.54, 1.807) is 0 Å². The van der Waals surface area contributed by atoms with Gasteiger partial charge in [-0.15, -0.1) is 0 Å². The molecule has 0 amide bonds. The van der Waals surface area contributed by atoms with Crippen LogP contribution in [0.4, 0.5) is 17.1 Å². The Hall–Kier alpha value is -8.66. The van der Waals surface area contributed by atoms with Crippen LogP contribution in [0.5, 0.6) is 0 Å². The first-order chi connectivity index (χ1) is 32.3. The Bertz CT molecular complexity index is 3880. The molecule has 3 heteroatoms. The summed E-state index contributed by atoms with van der Waals surface area (Å²) in [6, 6.07) is 90.8. The number of nitrogens with zero attached hydrogens (tertiary/aromatic N) is 3. The zero-order chi connectivity index (χ0) is 42.8. The number of rotatable bonds is 7. The van der Waals surface area contributed by atoms with Crippen LogP contribution in [-0.2, 0) is 0 Å². The minimum absolute atomic E-state index is 1.09. The van der Waals surface area contributed by atoms with E-state index in [2.05, 4.69) is 263 Å². The minimum Gasteiger partial charge on any atom is -0.309 e. The topological polar surface area (TPSA) is 13.1 Å².